The molecule has 0 bridgehead atoms. The highest BCUT2D eigenvalue weighted by molar-refractivity contribution is 6.00. The van der Waals surface area contributed by atoms with Crippen molar-refractivity contribution < 1.29 is 33.4 Å². The normalized spacial score (nSPS) is 14.6. The molecule has 1 atom stereocenters. The van der Waals surface area contributed by atoms with Crippen LogP contribution in [0.3, 0.4) is 0 Å². The van der Waals surface area contributed by atoms with Crippen LogP contribution < -0.4 is 20.7 Å². The minimum atomic E-state index is -1.01. The van der Waals surface area contributed by atoms with E-state index >= 15 is 0 Å². The quantitative estimate of drug-likeness (QED) is 0.669. The maximum Gasteiger partial charge on any atom is 0.411 e. The molecule has 0 saturated heterocycles. The number of hydrogen-bond acceptors (Lipinski definition) is 7. The molecule has 2 aromatic rings. The summed E-state index contributed by atoms with van der Waals surface area (Å²) < 4.78 is 15.4. The van der Waals surface area contributed by atoms with Crippen molar-refractivity contribution in [1.82, 2.24) is 0 Å². The van der Waals surface area contributed by atoms with Crippen molar-refractivity contribution in [2.45, 2.75) is 13.0 Å². The van der Waals surface area contributed by atoms with Gasteiger partial charge in [0.05, 0.1) is 24.4 Å². The first-order valence-electron chi connectivity index (χ1n) is 9.45. The number of nitrogens with one attached hydrogen (secondary N) is 1. The van der Waals surface area contributed by atoms with Gasteiger partial charge in [-0.2, -0.15) is 0 Å². The Morgan fingerprint density at radius 3 is 2.65 bits per heavy atom. The minimum Gasteiger partial charge on any atom is -0.477 e. The smallest absolute Gasteiger partial charge is 0.411 e. The lowest BCUT2D eigenvalue weighted by Gasteiger charge is -2.33. The number of rotatable bonds is 6. The van der Waals surface area contributed by atoms with Gasteiger partial charge in [-0.25, -0.2) is 9.59 Å². The van der Waals surface area contributed by atoms with Crippen molar-refractivity contribution in [3.05, 3.63) is 54.1 Å². The summed E-state index contributed by atoms with van der Waals surface area (Å²) in [4.78, 5) is 49.5. The van der Waals surface area contributed by atoms with Crippen LogP contribution in [0.4, 0.5) is 16.2 Å². The van der Waals surface area contributed by atoms with E-state index in [0.717, 1.165) is 0 Å². The second-order valence-corrected chi connectivity index (χ2v) is 6.48. The Balaban J connectivity index is 1.66. The molecule has 31 heavy (non-hydrogen) atoms. The number of primary amides is 1. The van der Waals surface area contributed by atoms with E-state index in [2.05, 4.69) is 5.32 Å². The van der Waals surface area contributed by atoms with Crippen LogP contribution in [0, 0.1) is 0 Å². The van der Waals surface area contributed by atoms with Crippen molar-refractivity contribution in [1.29, 1.82) is 0 Å². The van der Waals surface area contributed by atoms with Crippen molar-refractivity contribution in [2.75, 3.05) is 30.0 Å². The molecule has 1 aliphatic rings. The maximum atomic E-state index is 12.7. The number of carbonyl (C=O) groups is 4. The molecule has 1 aliphatic heterocycles. The average molecular weight is 427 g/mol. The fraction of sp³-hybridized carbons (Fsp3) is 0.238. The lowest BCUT2D eigenvalue weighted by atomic mass is 10.1. The Kier molecular flexibility index (Phi) is 6.71. The largest absolute Gasteiger partial charge is 0.477 e. The Morgan fingerprint density at radius 1 is 1.13 bits per heavy atom. The molecule has 3 amide bonds. The van der Waals surface area contributed by atoms with E-state index in [1.54, 1.807) is 43.3 Å². The number of ether oxygens (including phenoxy) is 3. The van der Waals surface area contributed by atoms with Crippen LogP contribution in [0.1, 0.15) is 17.3 Å². The highest BCUT2D eigenvalue weighted by atomic mass is 16.5. The standard InChI is InChI=1S/C21H21N3O7/c1-2-29-21(28)23-14-7-5-6-13(10-14)20(27)30-12-18(25)24-11-17(19(22)26)31-16-9-4-3-8-15(16)24/h3-10,17H,2,11-12H2,1H3,(H2,22,26)(H,23,28). The Hall–Kier alpha value is -4.08. The number of benzene rings is 2. The second kappa shape index (κ2) is 9.61. The molecule has 2 aromatic carbocycles. The van der Waals surface area contributed by atoms with Gasteiger partial charge in [-0.05, 0) is 37.3 Å². The summed E-state index contributed by atoms with van der Waals surface area (Å²) in [7, 11) is 0. The topological polar surface area (TPSA) is 137 Å². The predicted molar refractivity (Wildman–Crippen MR) is 110 cm³/mol. The molecular weight excluding hydrogens is 406 g/mol. The first-order chi connectivity index (χ1) is 14.9. The summed E-state index contributed by atoms with van der Waals surface area (Å²) in [5.74, 6) is -1.69. The third-order valence-corrected chi connectivity index (χ3v) is 4.34. The summed E-state index contributed by atoms with van der Waals surface area (Å²) in [6.45, 7) is 1.22. The number of nitrogens with zero attached hydrogens (tertiary/aromatic N) is 1. The van der Waals surface area contributed by atoms with Gasteiger partial charge in [-0.15, -0.1) is 0 Å². The number of fused-ring (bicyclic) bond motifs is 1. The van der Waals surface area contributed by atoms with E-state index in [4.69, 9.17) is 19.9 Å². The molecule has 1 heterocycles. The van der Waals surface area contributed by atoms with Crippen molar-refractivity contribution in [3.8, 4) is 5.75 Å². The van der Waals surface area contributed by atoms with Crippen LogP contribution in [0.25, 0.3) is 0 Å². The number of anilines is 2. The van der Waals surface area contributed by atoms with Gasteiger partial charge in [0.2, 0.25) is 0 Å². The number of carbonyl (C=O) groups excluding carboxylic acids is 4. The van der Waals surface area contributed by atoms with Gasteiger partial charge in [0.25, 0.3) is 11.8 Å². The molecule has 10 nitrogen and oxygen atoms in total. The molecule has 0 aromatic heterocycles. The molecule has 0 spiro atoms. The zero-order chi connectivity index (χ0) is 22.4. The molecule has 0 fully saturated rings. The highest BCUT2D eigenvalue weighted by Gasteiger charge is 2.33. The first-order valence-corrected chi connectivity index (χ1v) is 9.45. The molecule has 162 valence electrons. The van der Waals surface area contributed by atoms with Crippen molar-refractivity contribution >= 4 is 35.3 Å². The number of amides is 3. The van der Waals surface area contributed by atoms with Crippen LogP contribution in [0.5, 0.6) is 5.75 Å². The monoisotopic (exact) mass is 427 g/mol. The van der Waals surface area contributed by atoms with Crippen LogP contribution in [0.2, 0.25) is 0 Å². The Labute approximate surface area is 177 Å². The summed E-state index contributed by atoms with van der Waals surface area (Å²) in [6, 6.07) is 12.7. The van der Waals surface area contributed by atoms with Crippen LogP contribution in [-0.4, -0.2) is 49.7 Å². The molecule has 0 radical (unpaired) electrons. The summed E-state index contributed by atoms with van der Waals surface area (Å²) in [6.07, 6.45) is -1.67. The molecular formula is C21H21N3O7. The van der Waals surface area contributed by atoms with Crippen LogP contribution in [0.15, 0.2) is 48.5 Å². The average Bonchev–Trinajstić information content (AvgIpc) is 2.76. The van der Waals surface area contributed by atoms with E-state index in [1.165, 1.54) is 17.0 Å². The Bertz CT molecular complexity index is 1010. The third kappa shape index (κ3) is 5.30. The molecule has 3 rings (SSSR count). The van der Waals surface area contributed by atoms with Gasteiger partial charge in [0, 0.05) is 5.69 Å². The highest BCUT2D eigenvalue weighted by Crippen LogP contribution is 2.33. The first kappa shape index (κ1) is 21.6. The predicted octanol–water partition coefficient (Wildman–Crippen LogP) is 1.69. The summed E-state index contributed by atoms with van der Waals surface area (Å²) in [5, 5.41) is 2.48. The molecule has 1 unspecified atom stereocenters. The van der Waals surface area contributed by atoms with Gasteiger partial charge in [0.1, 0.15) is 5.75 Å². The van der Waals surface area contributed by atoms with Crippen molar-refractivity contribution in [3.63, 3.8) is 0 Å². The fourth-order valence-corrected chi connectivity index (χ4v) is 2.92. The molecule has 0 aliphatic carbocycles. The van der Waals surface area contributed by atoms with Crippen LogP contribution in [-0.2, 0) is 19.1 Å². The second-order valence-electron chi connectivity index (χ2n) is 6.48. The third-order valence-electron chi connectivity index (χ3n) is 4.34. The van der Waals surface area contributed by atoms with Gasteiger partial charge in [-0.3, -0.25) is 14.9 Å². The number of esters is 1. The lowest BCUT2D eigenvalue weighted by Crippen LogP contribution is -2.50. The zero-order valence-corrected chi connectivity index (χ0v) is 16.7. The van der Waals surface area contributed by atoms with E-state index < -0.39 is 36.6 Å². The molecule has 10 heteroatoms. The van der Waals surface area contributed by atoms with E-state index in [1.807, 2.05) is 0 Å². The maximum absolute atomic E-state index is 12.7. The SMILES string of the molecule is CCOC(=O)Nc1cccc(C(=O)OCC(=O)N2CC(C(N)=O)Oc3ccccc32)c1. The van der Waals surface area contributed by atoms with Gasteiger partial charge in [-0.1, -0.05) is 18.2 Å². The van der Waals surface area contributed by atoms with E-state index in [9.17, 15) is 19.2 Å². The van der Waals surface area contributed by atoms with Gasteiger partial charge >= 0.3 is 12.1 Å². The Morgan fingerprint density at radius 2 is 1.90 bits per heavy atom. The molecule has 0 saturated carbocycles. The van der Waals surface area contributed by atoms with Gasteiger partial charge < -0.3 is 24.8 Å². The van der Waals surface area contributed by atoms with E-state index in [0.29, 0.717) is 17.1 Å². The van der Waals surface area contributed by atoms with Gasteiger partial charge in [0.15, 0.2) is 12.7 Å². The van der Waals surface area contributed by atoms with Crippen LogP contribution >= 0.6 is 0 Å². The van der Waals surface area contributed by atoms with Crippen molar-refractivity contribution in [2.24, 2.45) is 5.73 Å². The number of hydrogen-bond donors (Lipinski definition) is 2. The fourth-order valence-electron chi connectivity index (χ4n) is 2.92. The number of nitrogens with two attached hydrogens (primary N) is 1. The molecule has 3 N–H and O–H groups in total. The summed E-state index contributed by atoms with van der Waals surface area (Å²) >= 11 is 0. The lowest BCUT2D eigenvalue weighted by molar-refractivity contribution is -0.126. The summed E-state index contributed by atoms with van der Waals surface area (Å²) in [5.41, 5.74) is 6.25. The van der Waals surface area contributed by atoms with E-state index in [-0.39, 0.29) is 18.7 Å². The number of para-hydroxylation sites is 2. The zero-order valence-electron chi connectivity index (χ0n) is 16.7. The minimum absolute atomic E-state index is 0.0956.